The number of carbonyl (C=O) groups is 1. The van der Waals surface area contributed by atoms with E-state index in [9.17, 15) is 9.59 Å². The molecule has 0 saturated carbocycles. The third-order valence-electron chi connectivity index (χ3n) is 5.31. The van der Waals surface area contributed by atoms with Crippen LogP contribution in [-0.4, -0.2) is 46.7 Å². The van der Waals surface area contributed by atoms with E-state index in [1.165, 1.54) is 0 Å². The predicted molar refractivity (Wildman–Crippen MR) is 135 cm³/mol. The lowest BCUT2D eigenvalue weighted by Crippen LogP contribution is -2.45. The van der Waals surface area contributed by atoms with E-state index in [0.717, 1.165) is 37.5 Å². The minimum atomic E-state index is -0.262. The van der Waals surface area contributed by atoms with Gasteiger partial charge in [-0.05, 0) is 59.5 Å². The number of aromatic nitrogens is 2. The third kappa shape index (κ3) is 4.82. The molecule has 7 nitrogen and oxygen atoms in total. The minimum absolute atomic E-state index is 0.0526. The van der Waals surface area contributed by atoms with E-state index >= 15 is 0 Å². The van der Waals surface area contributed by atoms with Gasteiger partial charge in [0.1, 0.15) is 5.82 Å². The number of fused-ring (bicyclic) bond motifs is 3. The van der Waals surface area contributed by atoms with E-state index in [1.807, 2.05) is 32.0 Å². The van der Waals surface area contributed by atoms with Gasteiger partial charge < -0.3 is 19.9 Å². The Labute approximate surface area is 202 Å². The molecule has 1 amide bonds. The van der Waals surface area contributed by atoms with Crippen molar-refractivity contribution in [3.05, 3.63) is 42.8 Å². The monoisotopic (exact) mass is 598 g/mol. The standard InChI is InChI=1S/C22H24BrIN4O3/c1-12(2)11-31-22(30)28-7-3-4-14(10-28)26-20-15-6-5-13(23)8-16(15)18-19(27-20)17(24)9-25-21(18)29/h5-6,8-9,12,14H,3-4,7,10-11H2,1-2H3,(H,25,29)(H,26,27)/t14-/m0/s1. The first-order valence-electron chi connectivity index (χ1n) is 10.3. The zero-order valence-corrected chi connectivity index (χ0v) is 21.1. The number of carbonyl (C=O) groups excluding carboxylic acids is 1. The minimum Gasteiger partial charge on any atom is -0.449 e. The average Bonchev–Trinajstić information content (AvgIpc) is 2.74. The Morgan fingerprint density at radius 1 is 1.42 bits per heavy atom. The number of H-pyrrole nitrogens is 1. The molecule has 0 spiro atoms. The largest absolute Gasteiger partial charge is 0.449 e. The van der Waals surface area contributed by atoms with Crippen molar-refractivity contribution >= 4 is 72.1 Å². The summed E-state index contributed by atoms with van der Waals surface area (Å²) in [5.74, 6) is 1.03. The van der Waals surface area contributed by atoms with Crippen LogP contribution in [0.5, 0.6) is 0 Å². The van der Waals surface area contributed by atoms with Crippen LogP contribution in [0.1, 0.15) is 26.7 Å². The van der Waals surface area contributed by atoms with Gasteiger partial charge in [-0.25, -0.2) is 9.78 Å². The molecule has 3 heterocycles. The summed E-state index contributed by atoms with van der Waals surface area (Å²) in [6, 6.07) is 5.91. The Kier molecular flexibility index (Phi) is 6.71. The summed E-state index contributed by atoms with van der Waals surface area (Å²) >= 11 is 5.71. The highest BCUT2D eigenvalue weighted by Crippen LogP contribution is 2.32. The fourth-order valence-corrected chi connectivity index (χ4v) is 4.76. The number of amides is 1. The fraction of sp³-hybridized carbons (Fsp3) is 0.409. The van der Waals surface area contributed by atoms with Crippen molar-refractivity contribution in [2.75, 3.05) is 25.0 Å². The highest BCUT2D eigenvalue weighted by atomic mass is 127. The maximum Gasteiger partial charge on any atom is 0.409 e. The smallest absolute Gasteiger partial charge is 0.409 e. The number of ether oxygens (including phenoxy) is 1. The van der Waals surface area contributed by atoms with Gasteiger partial charge in [-0.15, -0.1) is 0 Å². The second-order valence-corrected chi connectivity index (χ2v) is 10.3. The molecule has 0 aliphatic carbocycles. The summed E-state index contributed by atoms with van der Waals surface area (Å²) in [5, 5.41) is 5.84. The van der Waals surface area contributed by atoms with Crippen molar-refractivity contribution in [1.29, 1.82) is 0 Å². The summed E-state index contributed by atoms with van der Waals surface area (Å²) in [5.41, 5.74) is 0.510. The van der Waals surface area contributed by atoms with Crippen molar-refractivity contribution in [1.82, 2.24) is 14.9 Å². The summed E-state index contributed by atoms with van der Waals surface area (Å²) in [7, 11) is 0. The predicted octanol–water partition coefficient (Wildman–Crippen LogP) is 5.11. The molecule has 1 aliphatic rings. The second-order valence-electron chi connectivity index (χ2n) is 8.24. The molecular weight excluding hydrogens is 575 g/mol. The molecule has 2 aromatic heterocycles. The number of hydrogen-bond donors (Lipinski definition) is 2. The van der Waals surface area contributed by atoms with Gasteiger partial charge in [0.05, 0.1) is 21.1 Å². The molecule has 1 fully saturated rings. The Bertz CT molecular complexity index is 1200. The van der Waals surface area contributed by atoms with E-state index in [0.29, 0.717) is 36.5 Å². The van der Waals surface area contributed by atoms with Crippen LogP contribution in [0.15, 0.2) is 33.7 Å². The van der Waals surface area contributed by atoms with Gasteiger partial charge in [0, 0.05) is 40.6 Å². The molecular formula is C22H24BrIN4O3. The lowest BCUT2D eigenvalue weighted by Gasteiger charge is -2.33. The molecule has 0 unspecified atom stereocenters. The molecule has 9 heteroatoms. The number of halogens is 2. The van der Waals surface area contributed by atoms with Crippen LogP contribution in [0, 0.1) is 9.49 Å². The van der Waals surface area contributed by atoms with Crippen LogP contribution in [0.4, 0.5) is 10.6 Å². The summed E-state index contributed by atoms with van der Waals surface area (Å²) < 4.78 is 7.18. The van der Waals surface area contributed by atoms with Crippen molar-refractivity contribution in [2.24, 2.45) is 5.92 Å². The van der Waals surface area contributed by atoms with E-state index in [4.69, 9.17) is 9.72 Å². The Hall–Kier alpha value is -1.88. The van der Waals surface area contributed by atoms with Crippen LogP contribution in [-0.2, 0) is 4.74 Å². The number of nitrogens with zero attached hydrogens (tertiary/aromatic N) is 2. The number of rotatable bonds is 4. The lowest BCUT2D eigenvalue weighted by molar-refractivity contribution is 0.0838. The number of anilines is 1. The van der Waals surface area contributed by atoms with Crippen molar-refractivity contribution in [2.45, 2.75) is 32.7 Å². The number of pyridine rings is 2. The van der Waals surface area contributed by atoms with Gasteiger partial charge in [0.2, 0.25) is 0 Å². The van der Waals surface area contributed by atoms with E-state index in [1.54, 1.807) is 11.1 Å². The number of likely N-dealkylation sites (tertiary alicyclic amines) is 1. The summed E-state index contributed by atoms with van der Waals surface area (Å²) in [4.78, 5) is 34.4. The topological polar surface area (TPSA) is 87.3 Å². The van der Waals surface area contributed by atoms with Gasteiger partial charge >= 0.3 is 6.09 Å². The normalized spacial score (nSPS) is 16.8. The van der Waals surface area contributed by atoms with Gasteiger partial charge in [0.15, 0.2) is 0 Å². The van der Waals surface area contributed by atoms with Gasteiger partial charge in [-0.2, -0.15) is 0 Å². The number of nitrogens with one attached hydrogen (secondary N) is 2. The Morgan fingerprint density at radius 2 is 2.23 bits per heavy atom. The van der Waals surface area contributed by atoms with Gasteiger partial charge in [0.25, 0.3) is 5.56 Å². The molecule has 0 bridgehead atoms. The Balaban J connectivity index is 1.67. The molecule has 3 aromatic rings. The maximum absolute atomic E-state index is 12.6. The average molecular weight is 599 g/mol. The molecule has 1 aliphatic heterocycles. The van der Waals surface area contributed by atoms with Crippen molar-refractivity contribution < 1.29 is 9.53 Å². The third-order valence-corrected chi connectivity index (χ3v) is 6.63. The highest BCUT2D eigenvalue weighted by molar-refractivity contribution is 14.1. The Morgan fingerprint density at radius 3 is 3.00 bits per heavy atom. The van der Waals surface area contributed by atoms with Crippen LogP contribution >= 0.6 is 38.5 Å². The van der Waals surface area contributed by atoms with Crippen LogP contribution < -0.4 is 10.9 Å². The molecule has 1 saturated heterocycles. The maximum atomic E-state index is 12.6. The second kappa shape index (κ2) is 9.32. The highest BCUT2D eigenvalue weighted by Gasteiger charge is 2.26. The molecule has 1 atom stereocenters. The number of aromatic amines is 1. The molecule has 2 N–H and O–H groups in total. The quantitative estimate of drug-likeness (QED) is 0.322. The summed E-state index contributed by atoms with van der Waals surface area (Å²) in [6.45, 7) is 5.72. The van der Waals surface area contributed by atoms with E-state index in [2.05, 4.69) is 48.8 Å². The van der Waals surface area contributed by atoms with Crippen molar-refractivity contribution in [3.8, 4) is 0 Å². The van der Waals surface area contributed by atoms with Crippen LogP contribution in [0.25, 0.3) is 21.7 Å². The zero-order valence-electron chi connectivity index (χ0n) is 17.4. The van der Waals surface area contributed by atoms with E-state index < -0.39 is 0 Å². The van der Waals surface area contributed by atoms with Crippen LogP contribution in [0.3, 0.4) is 0 Å². The number of piperidine rings is 1. The van der Waals surface area contributed by atoms with Gasteiger partial charge in [-0.3, -0.25) is 4.79 Å². The zero-order chi connectivity index (χ0) is 22.1. The molecule has 0 radical (unpaired) electrons. The molecule has 4 rings (SSSR count). The summed E-state index contributed by atoms with van der Waals surface area (Å²) in [6.07, 6.45) is 3.24. The number of hydrogen-bond acceptors (Lipinski definition) is 5. The van der Waals surface area contributed by atoms with Crippen molar-refractivity contribution in [3.63, 3.8) is 0 Å². The fourth-order valence-electron chi connectivity index (χ4n) is 3.85. The first kappa shape index (κ1) is 22.3. The SMILES string of the molecule is CC(C)COC(=O)N1CCC[C@H](Nc2nc3c(I)c[nH]c(=O)c3c3cc(Br)ccc23)C1. The van der Waals surface area contributed by atoms with Gasteiger partial charge in [-0.1, -0.05) is 29.8 Å². The molecule has 31 heavy (non-hydrogen) atoms. The first-order valence-corrected chi connectivity index (χ1v) is 12.2. The molecule has 164 valence electrons. The lowest BCUT2D eigenvalue weighted by atomic mass is 10.0. The molecule has 1 aromatic carbocycles. The van der Waals surface area contributed by atoms with E-state index in [-0.39, 0.29) is 17.7 Å². The first-order chi connectivity index (χ1) is 14.8. The number of benzene rings is 1. The van der Waals surface area contributed by atoms with Crippen LogP contribution in [0.2, 0.25) is 0 Å².